The Labute approximate surface area is 119 Å². The zero-order valence-electron chi connectivity index (χ0n) is 11.4. The van der Waals surface area contributed by atoms with Crippen LogP contribution in [-0.2, 0) is 13.0 Å². The third-order valence-electron chi connectivity index (χ3n) is 3.95. The van der Waals surface area contributed by atoms with E-state index in [4.69, 9.17) is 12.2 Å². The van der Waals surface area contributed by atoms with Gasteiger partial charge in [0.1, 0.15) is 5.82 Å². The summed E-state index contributed by atoms with van der Waals surface area (Å²) in [6.45, 7) is 3.21. The lowest BCUT2D eigenvalue weighted by molar-refractivity contribution is 0.353. The van der Waals surface area contributed by atoms with Gasteiger partial charge in [0.2, 0.25) is 0 Å². The fourth-order valence-corrected chi connectivity index (χ4v) is 4.01. The molecule has 1 saturated carbocycles. The van der Waals surface area contributed by atoms with Crippen LogP contribution in [0.2, 0.25) is 0 Å². The number of nitrogens with one attached hydrogen (secondary N) is 1. The smallest absolute Gasteiger partial charge is 0.195 e. The second kappa shape index (κ2) is 6.24. The van der Waals surface area contributed by atoms with Crippen molar-refractivity contribution < 1.29 is 0 Å². The highest BCUT2D eigenvalue weighted by molar-refractivity contribution is 8.00. The lowest BCUT2D eigenvalue weighted by atomic mass is 9.88. The van der Waals surface area contributed by atoms with Crippen molar-refractivity contribution in [3.05, 3.63) is 10.6 Å². The van der Waals surface area contributed by atoms with E-state index in [1.807, 2.05) is 11.8 Å². The predicted molar refractivity (Wildman–Crippen MR) is 80.7 cm³/mol. The van der Waals surface area contributed by atoms with Crippen molar-refractivity contribution in [2.45, 2.75) is 63.2 Å². The van der Waals surface area contributed by atoms with Crippen molar-refractivity contribution in [3.63, 3.8) is 0 Å². The molecule has 3 nitrogen and oxygen atoms in total. The molecule has 1 heterocycles. The van der Waals surface area contributed by atoms with Crippen LogP contribution in [0.4, 0.5) is 0 Å². The van der Waals surface area contributed by atoms with Crippen molar-refractivity contribution in [1.82, 2.24) is 14.8 Å². The zero-order chi connectivity index (χ0) is 13.0. The Morgan fingerprint density at radius 2 is 2.11 bits per heavy atom. The molecule has 0 unspecified atom stereocenters. The summed E-state index contributed by atoms with van der Waals surface area (Å²) in [6.07, 6.45) is 11.1. The number of rotatable bonds is 5. The molecule has 0 spiro atoms. The molecule has 2 rings (SSSR count). The summed E-state index contributed by atoms with van der Waals surface area (Å²) in [4.78, 5) is 0. The number of aromatic amines is 1. The van der Waals surface area contributed by atoms with Crippen LogP contribution in [0.15, 0.2) is 0 Å². The second-order valence-electron chi connectivity index (χ2n) is 5.23. The quantitative estimate of drug-likeness (QED) is 0.831. The van der Waals surface area contributed by atoms with Gasteiger partial charge in [-0.15, -0.1) is 0 Å². The fraction of sp³-hybridized carbons (Fsp3) is 0.846. The van der Waals surface area contributed by atoms with Crippen LogP contribution in [-0.4, -0.2) is 25.8 Å². The minimum atomic E-state index is 0.378. The van der Waals surface area contributed by atoms with Crippen molar-refractivity contribution in [1.29, 1.82) is 0 Å². The first-order valence-electron chi connectivity index (χ1n) is 6.90. The summed E-state index contributed by atoms with van der Waals surface area (Å²) in [5, 5.41) is 7.33. The molecular formula is C13H23N3S2. The number of aryl methyl sites for hydroxylation is 1. The van der Waals surface area contributed by atoms with Gasteiger partial charge in [-0.05, 0) is 37.7 Å². The van der Waals surface area contributed by atoms with Crippen LogP contribution >= 0.6 is 24.0 Å². The van der Waals surface area contributed by atoms with E-state index >= 15 is 0 Å². The van der Waals surface area contributed by atoms with Crippen LogP contribution in [0.3, 0.4) is 0 Å². The minimum Gasteiger partial charge on any atom is -0.303 e. The van der Waals surface area contributed by atoms with Crippen LogP contribution in [0.1, 0.15) is 51.3 Å². The van der Waals surface area contributed by atoms with Gasteiger partial charge in [-0.25, -0.2) is 0 Å². The zero-order valence-corrected chi connectivity index (χ0v) is 13.0. The minimum absolute atomic E-state index is 0.378. The highest BCUT2D eigenvalue weighted by atomic mass is 32.2. The van der Waals surface area contributed by atoms with Gasteiger partial charge in [-0.2, -0.15) is 16.9 Å². The Balaban J connectivity index is 2.20. The standard InChI is InChI=1S/C13H23N3S2/c1-3-7-11-14-15-12(17)16(11)10-13(18-2)8-5-4-6-9-13/h3-10H2,1-2H3,(H,15,17). The van der Waals surface area contributed by atoms with Gasteiger partial charge in [0.05, 0.1) is 0 Å². The van der Waals surface area contributed by atoms with E-state index in [0.717, 1.165) is 30.0 Å². The van der Waals surface area contributed by atoms with Crippen molar-refractivity contribution in [2.75, 3.05) is 6.26 Å². The van der Waals surface area contributed by atoms with Gasteiger partial charge in [-0.1, -0.05) is 26.2 Å². The molecule has 5 heteroatoms. The Morgan fingerprint density at radius 3 is 2.72 bits per heavy atom. The van der Waals surface area contributed by atoms with E-state index in [1.54, 1.807) is 0 Å². The summed E-state index contributed by atoms with van der Waals surface area (Å²) in [7, 11) is 0. The molecule has 1 aliphatic rings. The fourth-order valence-electron chi connectivity index (χ4n) is 2.84. The highest BCUT2D eigenvalue weighted by Gasteiger charge is 2.32. The van der Waals surface area contributed by atoms with Gasteiger partial charge in [0.25, 0.3) is 0 Å². The maximum absolute atomic E-state index is 5.39. The van der Waals surface area contributed by atoms with Crippen LogP contribution in [0.25, 0.3) is 0 Å². The van der Waals surface area contributed by atoms with E-state index in [2.05, 4.69) is 27.9 Å². The van der Waals surface area contributed by atoms with E-state index in [-0.39, 0.29) is 0 Å². The third-order valence-corrected chi connectivity index (χ3v) is 5.67. The molecule has 0 saturated heterocycles. The first-order chi connectivity index (χ1) is 8.71. The maximum atomic E-state index is 5.39. The Kier molecular flexibility index (Phi) is 4.90. The molecule has 0 bridgehead atoms. The lowest BCUT2D eigenvalue weighted by Gasteiger charge is -2.36. The van der Waals surface area contributed by atoms with Gasteiger partial charge in [0.15, 0.2) is 4.77 Å². The first-order valence-corrected chi connectivity index (χ1v) is 8.53. The molecule has 0 atom stereocenters. The monoisotopic (exact) mass is 285 g/mol. The summed E-state index contributed by atoms with van der Waals surface area (Å²) in [5.41, 5.74) is 0. The maximum Gasteiger partial charge on any atom is 0.195 e. The Bertz CT molecular complexity index is 430. The summed E-state index contributed by atoms with van der Waals surface area (Å²) in [6, 6.07) is 0. The van der Waals surface area contributed by atoms with E-state index < -0.39 is 0 Å². The number of H-pyrrole nitrogens is 1. The molecule has 1 fully saturated rings. The molecule has 102 valence electrons. The van der Waals surface area contributed by atoms with E-state index in [0.29, 0.717) is 4.75 Å². The average molecular weight is 285 g/mol. The van der Waals surface area contributed by atoms with Gasteiger partial charge in [0, 0.05) is 17.7 Å². The van der Waals surface area contributed by atoms with E-state index in [9.17, 15) is 0 Å². The highest BCUT2D eigenvalue weighted by Crippen LogP contribution is 2.40. The average Bonchev–Trinajstić information content (AvgIpc) is 2.73. The van der Waals surface area contributed by atoms with Crippen LogP contribution < -0.4 is 0 Å². The number of aromatic nitrogens is 3. The third kappa shape index (κ3) is 2.99. The largest absolute Gasteiger partial charge is 0.303 e. The molecular weight excluding hydrogens is 262 g/mol. The molecule has 0 aliphatic heterocycles. The summed E-state index contributed by atoms with van der Waals surface area (Å²) < 4.78 is 3.40. The summed E-state index contributed by atoms with van der Waals surface area (Å²) in [5.74, 6) is 1.13. The molecule has 0 amide bonds. The first kappa shape index (κ1) is 14.1. The van der Waals surface area contributed by atoms with Crippen molar-refractivity contribution in [2.24, 2.45) is 0 Å². The lowest BCUT2D eigenvalue weighted by Crippen LogP contribution is -2.33. The number of hydrogen-bond donors (Lipinski definition) is 1. The Morgan fingerprint density at radius 1 is 1.39 bits per heavy atom. The molecule has 1 aromatic heterocycles. The second-order valence-corrected chi connectivity index (χ2v) is 6.89. The normalized spacial score (nSPS) is 19.0. The van der Waals surface area contributed by atoms with E-state index in [1.165, 1.54) is 32.1 Å². The SMILES string of the molecule is CCCc1n[nH]c(=S)n1CC1(SC)CCCCC1. The summed E-state index contributed by atoms with van der Waals surface area (Å²) >= 11 is 7.41. The molecule has 1 aliphatic carbocycles. The molecule has 0 radical (unpaired) electrons. The molecule has 1 aromatic rings. The number of nitrogens with zero attached hydrogens (tertiary/aromatic N) is 2. The molecule has 18 heavy (non-hydrogen) atoms. The number of hydrogen-bond acceptors (Lipinski definition) is 3. The molecule has 1 N–H and O–H groups in total. The topological polar surface area (TPSA) is 33.6 Å². The number of thioether (sulfide) groups is 1. The van der Waals surface area contributed by atoms with Gasteiger partial charge >= 0.3 is 0 Å². The van der Waals surface area contributed by atoms with Crippen LogP contribution in [0.5, 0.6) is 0 Å². The van der Waals surface area contributed by atoms with Gasteiger partial charge in [-0.3, -0.25) is 5.10 Å². The van der Waals surface area contributed by atoms with Crippen molar-refractivity contribution >= 4 is 24.0 Å². The molecule has 0 aromatic carbocycles. The van der Waals surface area contributed by atoms with Gasteiger partial charge < -0.3 is 4.57 Å². The predicted octanol–water partition coefficient (Wildman–Crippen LogP) is 3.96. The van der Waals surface area contributed by atoms with Crippen molar-refractivity contribution in [3.8, 4) is 0 Å². The van der Waals surface area contributed by atoms with Crippen LogP contribution in [0, 0.1) is 4.77 Å². The Hall–Kier alpha value is -0.290.